The Hall–Kier alpha value is -4.31. The number of hydrogen-bond acceptors (Lipinski definition) is 10. The van der Waals surface area contributed by atoms with Crippen molar-refractivity contribution in [2.45, 2.75) is 43.8 Å². The Morgan fingerprint density at radius 2 is 1.82 bits per heavy atom. The standard InChI is InChI=1S/C21H28N12.C2HF3O2/c1-30-12-23-19-17(30)18(22-11-14-9-16(10-14)33-8-5-24-29-33)26-21(27-19)32-6-3-15(4-7-32)20-28-25-13-31(20)2;3-2(4,5)1(6)7/h5,8,12-16H,3-4,6-7,9-11H2,1-2H3,(H,22,26,27);(H,6,7). The van der Waals surface area contributed by atoms with Crippen molar-refractivity contribution in [3.63, 3.8) is 0 Å². The van der Waals surface area contributed by atoms with Crippen LogP contribution in [0.5, 0.6) is 0 Å². The van der Waals surface area contributed by atoms with Gasteiger partial charge in [-0.2, -0.15) is 23.1 Å². The van der Waals surface area contributed by atoms with Crippen LogP contribution in [0.15, 0.2) is 25.0 Å². The van der Waals surface area contributed by atoms with E-state index in [1.165, 1.54) is 0 Å². The third kappa shape index (κ3) is 5.81. The van der Waals surface area contributed by atoms with Gasteiger partial charge in [0.2, 0.25) is 5.95 Å². The van der Waals surface area contributed by atoms with Crippen LogP contribution in [-0.2, 0) is 18.9 Å². The summed E-state index contributed by atoms with van der Waals surface area (Å²) in [5, 5.41) is 27.1. The zero-order valence-corrected chi connectivity index (χ0v) is 21.9. The molecule has 0 amide bonds. The number of carboxylic acid groups (broad SMARTS) is 1. The number of hydrogen-bond donors (Lipinski definition) is 2. The number of nitrogens with one attached hydrogen (secondary N) is 1. The second-order valence-electron chi connectivity index (χ2n) is 10.0. The van der Waals surface area contributed by atoms with E-state index in [0.717, 1.165) is 74.1 Å². The van der Waals surface area contributed by atoms with Gasteiger partial charge >= 0.3 is 12.1 Å². The maximum Gasteiger partial charge on any atom is 0.490 e. The highest BCUT2D eigenvalue weighted by molar-refractivity contribution is 5.84. The molecule has 6 rings (SSSR count). The van der Waals surface area contributed by atoms with Gasteiger partial charge in [-0.05, 0) is 31.6 Å². The van der Waals surface area contributed by atoms with Crippen LogP contribution < -0.4 is 10.2 Å². The van der Waals surface area contributed by atoms with E-state index >= 15 is 0 Å². The van der Waals surface area contributed by atoms with Crippen LogP contribution in [0.4, 0.5) is 24.9 Å². The molecule has 1 saturated carbocycles. The Morgan fingerprint density at radius 3 is 2.42 bits per heavy atom. The van der Waals surface area contributed by atoms with Crippen molar-refractivity contribution in [3.8, 4) is 0 Å². The largest absolute Gasteiger partial charge is 0.490 e. The van der Waals surface area contributed by atoms with Crippen molar-refractivity contribution in [2.24, 2.45) is 20.0 Å². The van der Waals surface area contributed by atoms with Gasteiger partial charge in [0.15, 0.2) is 11.5 Å². The lowest BCUT2D eigenvalue weighted by molar-refractivity contribution is -0.192. The first-order chi connectivity index (χ1) is 19.1. The average molecular weight is 563 g/mol. The van der Waals surface area contributed by atoms with E-state index in [1.807, 2.05) is 34.1 Å². The molecule has 14 nitrogen and oxygen atoms in total. The van der Waals surface area contributed by atoms with Crippen LogP contribution in [0.2, 0.25) is 0 Å². The van der Waals surface area contributed by atoms with Gasteiger partial charge in [-0.3, -0.25) is 0 Å². The van der Waals surface area contributed by atoms with Crippen LogP contribution >= 0.6 is 0 Å². The lowest BCUT2D eigenvalue weighted by Crippen LogP contribution is -2.35. The predicted octanol–water partition coefficient (Wildman–Crippen LogP) is 2.16. The molecular formula is C23H29F3N12O2. The molecule has 0 spiro atoms. The molecule has 0 atom stereocenters. The van der Waals surface area contributed by atoms with Gasteiger partial charge in [0.25, 0.3) is 0 Å². The highest BCUT2D eigenvalue weighted by Crippen LogP contribution is 2.37. The Bertz CT molecular complexity index is 1440. The van der Waals surface area contributed by atoms with Crippen LogP contribution in [0.1, 0.15) is 43.5 Å². The molecule has 214 valence electrons. The van der Waals surface area contributed by atoms with Crippen LogP contribution in [0, 0.1) is 5.92 Å². The van der Waals surface area contributed by atoms with Gasteiger partial charge in [0, 0.05) is 45.8 Å². The van der Waals surface area contributed by atoms with Crippen LogP contribution in [-0.4, -0.2) is 86.2 Å². The minimum atomic E-state index is -5.08. The van der Waals surface area contributed by atoms with Crippen LogP contribution in [0.3, 0.4) is 0 Å². The molecule has 1 aliphatic carbocycles. The fraction of sp³-hybridized carbons (Fsp3) is 0.565. The van der Waals surface area contributed by atoms with Gasteiger partial charge in [-0.1, -0.05) is 5.21 Å². The Labute approximate surface area is 226 Å². The number of aromatic nitrogens is 10. The van der Waals surface area contributed by atoms with E-state index in [9.17, 15) is 13.2 Å². The summed E-state index contributed by atoms with van der Waals surface area (Å²) in [6.45, 7) is 2.64. The average Bonchev–Trinajstić information content (AvgIpc) is 3.65. The topological polar surface area (TPSA) is 158 Å². The fourth-order valence-electron chi connectivity index (χ4n) is 5.05. The van der Waals surface area contributed by atoms with E-state index in [-0.39, 0.29) is 0 Å². The number of nitrogens with zero attached hydrogens (tertiary/aromatic N) is 11. The SMILES string of the molecule is Cn1cnnc1C1CCN(c2nc(NCC3CC(n4ccnn4)C3)c3c(ncn3C)n2)CC1.O=C(O)C(F)(F)F. The molecule has 0 unspecified atom stereocenters. The molecule has 4 aromatic rings. The van der Waals surface area contributed by atoms with Gasteiger partial charge in [0.1, 0.15) is 17.7 Å². The summed E-state index contributed by atoms with van der Waals surface area (Å²) >= 11 is 0. The maximum absolute atomic E-state index is 10.6. The quantitative estimate of drug-likeness (QED) is 0.355. The Kier molecular flexibility index (Phi) is 7.53. The molecule has 1 saturated heterocycles. The third-order valence-electron chi connectivity index (χ3n) is 7.28. The van der Waals surface area contributed by atoms with E-state index in [4.69, 9.17) is 19.9 Å². The molecular weight excluding hydrogens is 533 g/mol. The van der Waals surface area contributed by atoms with E-state index < -0.39 is 12.1 Å². The second kappa shape index (κ2) is 11.1. The molecule has 0 radical (unpaired) electrons. The smallest absolute Gasteiger partial charge is 0.475 e. The van der Waals surface area contributed by atoms with E-state index in [0.29, 0.717) is 17.9 Å². The number of anilines is 2. The highest BCUT2D eigenvalue weighted by Gasteiger charge is 2.38. The van der Waals surface area contributed by atoms with Crippen molar-refractivity contribution in [1.29, 1.82) is 0 Å². The van der Waals surface area contributed by atoms with Gasteiger partial charge in [-0.15, -0.1) is 15.3 Å². The van der Waals surface area contributed by atoms with Crippen molar-refractivity contribution in [2.75, 3.05) is 29.9 Å². The first-order valence-corrected chi connectivity index (χ1v) is 12.8. The summed E-state index contributed by atoms with van der Waals surface area (Å²) in [7, 11) is 3.99. The number of aliphatic carboxylic acids is 1. The summed E-state index contributed by atoms with van der Waals surface area (Å²) in [5.74, 6) is 0.906. The first-order valence-electron chi connectivity index (χ1n) is 12.8. The summed E-state index contributed by atoms with van der Waals surface area (Å²) in [4.78, 5) is 25.4. The molecule has 2 N–H and O–H groups in total. The van der Waals surface area contributed by atoms with Crippen molar-refractivity contribution >= 4 is 28.9 Å². The zero-order chi connectivity index (χ0) is 28.4. The summed E-state index contributed by atoms with van der Waals surface area (Å²) < 4.78 is 37.7. The second-order valence-corrected chi connectivity index (χ2v) is 10.0. The van der Waals surface area contributed by atoms with Crippen LogP contribution in [0.25, 0.3) is 11.2 Å². The maximum atomic E-state index is 10.6. The number of aryl methyl sites for hydroxylation is 2. The lowest BCUT2D eigenvalue weighted by Gasteiger charge is -2.35. The highest BCUT2D eigenvalue weighted by atomic mass is 19.4. The Morgan fingerprint density at radius 1 is 1.10 bits per heavy atom. The number of halogens is 3. The van der Waals surface area contributed by atoms with Crippen molar-refractivity contribution in [3.05, 3.63) is 30.9 Å². The molecule has 0 bridgehead atoms. The molecule has 1 aliphatic heterocycles. The van der Waals surface area contributed by atoms with Crippen molar-refractivity contribution < 1.29 is 23.1 Å². The normalized spacial score (nSPS) is 19.7. The fourth-order valence-corrected chi connectivity index (χ4v) is 5.05. The predicted molar refractivity (Wildman–Crippen MR) is 135 cm³/mol. The molecule has 2 aliphatic rings. The monoisotopic (exact) mass is 562 g/mol. The third-order valence-corrected chi connectivity index (χ3v) is 7.28. The number of rotatable bonds is 6. The summed E-state index contributed by atoms with van der Waals surface area (Å²) in [5.41, 5.74) is 1.68. The number of imidazole rings is 1. The van der Waals surface area contributed by atoms with Gasteiger partial charge in [-0.25, -0.2) is 14.5 Å². The molecule has 40 heavy (non-hydrogen) atoms. The molecule has 0 aromatic carbocycles. The zero-order valence-electron chi connectivity index (χ0n) is 21.9. The van der Waals surface area contributed by atoms with Gasteiger partial charge in [0.05, 0.1) is 18.6 Å². The van der Waals surface area contributed by atoms with E-state index in [2.05, 4.69) is 35.7 Å². The van der Waals surface area contributed by atoms with E-state index in [1.54, 1.807) is 18.9 Å². The number of fused-ring (bicyclic) bond motifs is 1. The lowest BCUT2D eigenvalue weighted by atomic mass is 9.80. The Balaban J connectivity index is 0.000000411. The molecule has 4 aromatic heterocycles. The molecule has 5 heterocycles. The summed E-state index contributed by atoms with van der Waals surface area (Å²) in [6, 6.07) is 0.451. The first kappa shape index (κ1) is 27.3. The van der Waals surface area contributed by atoms with Gasteiger partial charge < -0.3 is 24.5 Å². The minimum Gasteiger partial charge on any atom is -0.475 e. The van der Waals surface area contributed by atoms with Crippen molar-refractivity contribution in [1.82, 2.24) is 49.3 Å². The number of carbonyl (C=O) groups is 1. The molecule has 2 fully saturated rings. The minimum absolute atomic E-state index is 0.418. The number of alkyl halides is 3. The molecule has 17 heteroatoms. The summed E-state index contributed by atoms with van der Waals surface area (Å²) in [6.07, 6.45) is 6.37. The number of carboxylic acids is 1. The number of piperidine rings is 1.